The Morgan fingerprint density at radius 2 is 1.66 bits per heavy atom. The number of nitrogens with one attached hydrogen (secondary N) is 3. The van der Waals surface area contributed by atoms with E-state index in [1.807, 2.05) is 25.1 Å². The van der Waals surface area contributed by atoms with Crippen molar-refractivity contribution in [2.45, 2.75) is 13.8 Å². The van der Waals surface area contributed by atoms with Gasteiger partial charge in [-0.3, -0.25) is 0 Å². The number of hydrogen-bond acceptors (Lipinski definition) is 6. The Hall–Kier alpha value is -4.80. The predicted molar refractivity (Wildman–Crippen MR) is 146 cm³/mol. The van der Waals surface area contributed by atoms with Gasteiger partial charge in [0.2, 0.25) is 0 Å². The number of amides is 4. The molecule has 2 aromatic carbocycles. The third kappa shape index (κ3) is 6.30. The first-order chi connectivity index (χ1) is 18.2. The fourth-order valence-corrected chi connectivity index (χ4v) is 4.12. The molecule has 0 spiro atoms. The molecule has 11 nitrogen and oxygen atoms in total. The van der Waals surface area contributed by atoms with Gasteiger partial charge >= 0.3 is 18.0 Å². The number of ether oxygens (including phenoxy) is 1. The molecule has 4 rings (SSSR count). The highest BCUT2D eigenvalue weighted by atomic mass is 16.5. The van der Waals surface area contributed by atoms with Gasteiger partial charge < -0.3 is 35.6 Å². The molecule has 3 aromatic rings. The number of aromatic carboxylic acids is 1. The first-order valence-corrected chi connectivity index (χ1v) is 12.1. The van der Waals surface area contributed by atoms with Crippen LogP contribution in [0.25, 0.3) is 0 Å². The summed E-state index contributed by atoms with van der Waals surface area (Å²) in [6.45, 7) is 5.88. The molecule has 1 aliphatic heterocycles. The molecule has 1 saturated heterocycles. The molecule has 4 N–H and O–H groups in total. The molecule has 11 heteroatoms. The lowest BCUT2D eigenvalue weighted by Crippen LogP contribution is -2.50. The van der Waals surface area contributed by atoms with Gasteiger partial charge in [0.15, 0.2) is 0 Å². The fourth-order valence-electron chi connectivity index (χ4n) is 4.12. The summed E-state index contributed by atoms with van der Waals surface area (Å²) in [7, 11) is 1.55. The second kappa shape index (κ2) is 11.5. The highest BCUT2D eigenvalue weighted by Gasteiger charge is 2.22. The Morgan fingerprint density at radius 3 is 2.29 bits per heavy atom. The van der Waals surface area contributed by atoms with Crippen molar-refractivity contribution in [2.24, 2.45) is 0 Å². The van der Waals surface area contributed by atoms with Gasteiger partial charge in [-0.1, -0.05) is 6.07 Å². The van der Waals surface area contributed by atoms with E-state index in [1.165, 1.54) is 12.1 Å². The first kappa shape index (κ1) is 26.3. The summed E-state index contributed by atoms with van der Waals surface area (Å²) in [6, 6.07) is 13.1. The van der Waals surface area contributed by atoms with Gasteiger partial charge in [-0.05, 0) is 67.4 Å². The minimum absolute atomic E-state index is 0.176. The highest BCUT2D eigenvalue weighted by Crippen LogP contribution is 2.25. The molecule has 4 amide bonds. The van der Waals surface area contributed by atoms with Crippen molar-refractivity contribution in [3.63, 3.8) is 0 Å². The van der Waals surface area contributed by atoms with E-state index in [9.17, 15) is 14.4 Å². The molecular formula is C27H30N6O5. The average molecular weight is 519 g/mol. The van der Waals surface area contributed by atoms with Gasteiger partial charge in [0, 0.05) is 31.9 Å². The monoisotopic (exact) mass is 518 g/mol. The molecule has 1 aromatic heterocycles. The molecule has 38 heavy (non-hydrogen) atoms. The number of carbonyl (C=O) groups excluding carboxylic acids is 2. The number of aromatic nitrogens is 1. The highest BCUT2D eigenvalue weighted by molar-refractivity contribution is 6.00. The smallest absolute Gasteiger partial charge is 0.335 e. The van der Waals surface area contributed by atoms with E-state index in [-0.39, 0.29) is 11.6 Å². The molecular weight excluding hydrogens is 488 g/mol. The molecule has 1 fully saturated rings. The van der Waals surface area contributed by atoms with E-state index >= 15 is 0 Å². The van der Waals surface area contributed by atoms with Crippen LogP contribution in [0.1, 0.15) is 21.5 Å². The lowest BCUT2D eigenvalue weighted by molar-refractivity contribution is 0.0696. The second-order valence-corrected chi connectivity index (χ2v) is 8.93. The van der Waals surface area contributed by atoms with Crippen molar-refractivity contribution in [3.05, 3.63) is 71.4 Å². The van der Waals surface area contributed by atoms with Gasteiger partial charge in [-0.15, -0.1) is 0 Å². The lowest BCUT2D eigenvalue weighted by atomic mass is 10.1. The zero-order valence-electron chi connectivity index (χ0n) is 21.4. The molecule has 0 atom stereocenters. The van der Waals surface area contributed by atoms with Crippen LogP contribution in [0.4, 0.5) is 32.5 Å². The van der Waals surface area contributed by atoms with E-state index in [2.05, 4.69) is 25.8 Å². The number of benzene rings is 2. The number of carboxylic acid groups (broad SMARTS) is 1. The Balaban J connectivity index is 1.28. The summed E-state index contributed by atoms with van der Waals surface area (Å²) >= 11 is 0. The Bertz CT molecular complexity index is 1340. The molecule has 198 valence electrons. The number of anilines is 4. The number of rotatable bonds is 6. The Kier molecular flexibility index (Phi) is 7.95. The summed E-state index contributed by atoms with van der Waals surface area (Å²) in [4.78, 5) is 44.6. The number of urea groups is 2. The topological polar surface area (TPSA) is 136 Å². The van der Waals surface area contributed by atoms with Crippen LogP contribution >= 0.6 is 0 Å². The van der Waals surface area contributed by atoms with E-state index in [1.54, 1.807) is 43.3 Å². The van der Waals surface area contributed by atoms with Crippen molar-refractivity contribution in [3.8, 4) is 5.75 Å². The minimum Gasteiger partial charge on any atom is -0.495 e. The number of carbonyl (C=O) groups is 3. The first-order valence-electron chi connectivity index (χ1n) is 12.1. The number of aryl methyl sites for hydroxylation is 2. The summed E-state index contributed by atoms with van der Waals surface area (Å²) in [6.07, 6.45) is 1.59. The number of pyridine rings is 1. The summed E-state index contributed by atoms with van der Waals surface area (Å²) in [5.41, 5.74) is 3.55. The SMILES string of the molecule is COc1ccc(C)cc1NC(=O)Nc1ccc(N2CCN(C(=O)Nc3ccc(C(=O)O)cc3C)CC2)nc1. The van der Waals surface area contributed by atoms with Gasteiger partial charge in [0.05, 0.1) is 30.2 Å². The third-order valence-corrected chi connectivity index (χ3v) is 6.21. The Morgan fingerprint density at radius 1 is 0.895 bits per heavy atom. The summed E-state index contributed by atoms with van der Waals surface area (Å²) < 4.78 is 5.30. The summed E-state index contributed by atoms with van der Waals surface area (Å²) in [5, 5.41) is 17.5. The van der Waals surface area contributed by atoms with E-state index in [0.717, 1.165) is 11.4 Å². The van der Waals surface area contributed by atoms with Gasteiger partial charge in [0.25, 0.3) is 0 Å². The zero-order valence-corrected chi connectivity index (χ0v) is 21.4. The van der Waals surface area contributed by atoms with Gasteiger partial charge in [-0.25, -0.2) is 19.4 Å². The van der Waals surface area contributed by atoms with Crippen molar-refractivity contribution < 1.29 is 24.2 Å². The van der Waals surface area contributed by atoms with Crippen molar-refractivity contribution in [1.82, 2.24) is 9.88 Å². The van der Waals surface area contributed by atoms with Crippen LogP contribution in [-0.2, 0) is 0 Å². The molecule has 0 aliphatic carbocycles. The van der Waals surface area contributed by atoms with E-state index < -0.39 is 12.0 Å². The minimum atomic E-state index is -1.01. The predicted octanol–water partition coefficient (Wildman–Crippen LogP) is 4.40. The van der Waals surface area contributed by atoms with Gasteiger partial charge in [-0.2, -0.15) is 0 Å². The zero-order chi connectivity index (χ0) is 27.2. The molecule has 2 heterocycles. The van der Waals surface area contributed by atoms with E-state index in [0.29, 0.717) is 54.6 Å². The normalized spacial score (nSPS) is 13.0. The second-order valence-electron chi connectivity index (χ2n) is 8.93. The maximum atomic E-state index is 12.7. The van der Waals surface area contributed by atoms with Crippen LogP contribution in [0.15, 0.2) is 54.7 Å². The van der Waals surface area contributed by atoms with E-state index in [4.69, 9.17) is 9.84 Å². The fraction of sp³-hybridized carbons (Fsp3) is 0.259. The Labute approximate surface area is 220 Å². The van der Waals surface area contributed by atoms with Gasteiger partial charge in [0.1, 0.15) is 11.6 Å². The van der Waals surface area contributed by atoms with Crippen LogP contribution in [0.5, 0.6) is 5.75 Å². The lowest BCUT2D eigenvalue weighted by Gasteiger charge is -2.35. The maximum absolute atomic E-state index is 12.7. The summed E-state index contributed by atoms with van der Waals surface area (Å²) in [5.74, 6) is 0.306. The largest absolute Gasteiger partial charge is 0.495 e. The molecule has 0 unspecified atom stereocenters. The van der Waals surface area contributed by atoms with Crippen LogP contribution in [0.3, 0.4) is 0 Å². The third-order valence-electron chi connectivity index (χ3n) is 6.21. The van der Waals surface area contributed by atoms with Crippen LogP contribution in [0.2, 0.25) is 0 Å². The standard InChI is InChI=1S/C27H30N6O5/c1-17-4-8-23(38-3)22(14-17)30-26(36)29-20-6-9-24(28-16-20)32-10-12-33(13-11-32)27(37)31-21-7-5-19(25(34)35)15-18(21)2/h4-9,14-16H,10-13H2,1-3H3,(H,31,37)(H,34,35)(H2,29,30,36). The maximum Gasteiger partial charge on any atom is 0.335 e. The average Bonchev–Trinajstić information content (AvgIpc) is 2.90. The molecule has 0 bridgehead atoms. The van der Waals surface area contributed by atoms with Crippen molar-refractivity contribution >= 4 is 40.9 Å². The number of methoxy groups -OCH3 is 1. The van der Waals surface area contributed by atoms with Crippen molar-refractivity contribution in [2.75, 3.05) is 54.1 Å². The number of hydrogen-bond donors (Lipinski definition) is 4. The van der Waals surface area contributed by atoms with Crippen LogP contribution < -0.4 is 25.6 Å². The molecule has 0 saturated carbocycles. The van der Waals surface area contributed by atoms with Crippen molar-refractivity contribution in [1.29, 1.82) is 0 Å². The number of carboxylic acids is 1. The van der Waals surface area contributed by atoms with Crippen LogP contribution in [-0.4, -0.2) is 66.3 Å². The number of nitrogens with zero attached hydrogens (tertiary/aromatic N) is 3. The molecule has 0 radical (unpaired) electrons. The molecule has 1 aliphatic rings. The quantitative estimate of drug-likeness (QED) is 0.380. The van der Waals surface area contributed by atoms with Crippen LogP contribution in [0, 0.1) is 13.8 Å². The number of piperazine rings is 1.